The van der Waals surface area contributed by atoms with Gasteiger partial charge in [0.1, 0.15) is 5.75 Å². The van der Waals surface area contributed by atoms with Gasteiger partial charge in [-0.05, 0) is 0 Å². The zero-order chi connectivity index (χ0) is 7.40. The van der Waals surface area contributed by atoms with Crippen molar-refractivity contribution in [1.29, 1.82) is 0 Å². The third-order valence-electron chi connectivity index (χ3n) is 0.911. The molecule has 1 aromatic heterocycles. The highest BCUT2D eigenvalue weighted by atomic mass is 35.5. The lowest BCUT2D eigenvalue weighted by Crippen LogP contribution is -1.99. The summed E-state index contributed by atoms with van der Waals surface area (Å²) in [4.78, 5) is 3.73. The van der Waals surface area contributed by atoms with Crippen LogP contribution in [-0.2, 0) is 0 Å². The number of pyridine rings is 1. The summed E-state index contributed by atoms with van der Waals surface area (Å²) in [7, 11) is -0.359. The summed E-state index contributed by atoms with van der Waals surface area (Å²) in [6.07, 6.45) is 2.97. The number of aromatic nitrogens is 1. The molecule has 1 aromatic rings. The SMILES string of the molecule is OBOc1cncc(Cl)c1. The van der Waals surface area contributed by atoms with Gasteiger partial charge >= 0.3 is 7.69 Å². The van der Waals surface area contributed by atoms with E-state index in [-0.39, 0.29) is 7.69 Å². The quantitative estimate of drug-likeness (QED) is 0.631. The number of nitrogens with zero attached hydrogens (tertiary/aromatic N) is 1. The first-order valence-electron chi connectivity index (χ1n) is 2.67. The van der Waals surface area contributed by atoms with Crippen LogP contribution >= 0.6 is 11.6 Å². The van der Waals surface area contributed by atoms with Gasteiger partial charge in [0.05, 0.1) is 11.2 Å². The van der Waals surface area contributed by atoms with E-state index in [0.29, 0.717) is 10.8 Å². The summed E-state index contributed by atoms with van der Waals surface area (Å²) < 4.78 is 4.70. The van der Waals surface area contributed by atoms with Crippen molar-refractivity contribution >= 4 is 19.3 Å². The average molecular weight is 157 g/mol. The van der Waals surface area contributed by atoms with Gasteiger partial charge in [0.2, 0.25) is 0 Å². The molecule has 52 valence electrons. The fourth-order valence-electron chi connectivity index (χ4n) is 0.546. The van der Waals surface area contributed by atoms with Crippen LogP contribution in [0.2, 0.25) is 5.02 Å². The second-order valence-corrected chi connectivity index (χ2v) is 2.05. The summed E-state index contributed by atoms with van der Waals surface area (Å²) in [6, 6.07) is 1.57. The third kappa shape index (κ3) is 1.90. The van der Waals surface area contributed by atoms with Gasteiger partial charge in [0, 0.05) is 12.3 Å². The van der Waals surface area contributed by atoms with Gasteiger partial charge in [-0.3, -0.25) is 4.98 Å². The maximum absolute atomic E-state index is 8.32. The maximum Gasteiger partial charge on any atom is 0.504 e. The van der Waals surface area contributed by atoms with Crippen LogP contribution in [0.1, 0.15) is 0 Å². The van der Waals surface area contributed by atoms with E-state index in [9.17, 15) is 0 Å². The first-order valence-corrected chi connectivity index (χ1v) is 3.05. The zero-order valence-corrected chi connectivity index (χ0v) is 5.88. The minimum atomic E-state index is -0.359. The van der Waals surface area contributed by atoms with Crippen LogP contribution < -0.4 is 4.65 Å². The predicted molar refractivity (Wildman–Crippen MR) is 39.2 cm³/mol. The number of hydrogen-bond donors (Lipinski definition) is 1. The van der Waals surface area contributed by atoms with Gasteiger partial charge in [-0.25, -0.2) is 0 Å². The van der Waals surface area contributed by atoms with Crippen molar-refractivity contribution in [2.24, 2.45) is 0 Å². The van der Waals surface area contributed by atoms with E-state index in [0.717, 1.165) is 0 Å². The Labute approximate surface area is 63.9 Å². The van der Waals surface area contributed by atoms with Crippen LogP contribution in [0, 0.1) is 0 Å². The molecule has 0 unspecified atom stereocenters. The summed E-state index contributed by atoms with van der Waals surface area (Å²) in [6.45, 7) is 0. The largest absolute Gasteiger partial charge is 0.538 e. The Balaban J connectivity index is 2.75. The number of halogens is 1. The molecule has 5 heteroatoms. The summed E-state index contributed by atoms with van der Waals surface area (Å²) in [5.41, 5.74) is 0. The fourth-order valence-corrected chi connectivity index (χ4v) is 0.710. The van der Waals surface area contributed by atoms with Crippen molar-refractivity contribution in [3.05, 3.63) is 23.5 Å². The maximum atomic E-state index is 8.32. The second kappa shape index (κ2) is 3.44. The molecule has 0 saturated carbocycles. The highest BCUT2D eigenvalue weighted by molar-refractivity contribution is 6.30. The normalized spacial score (nSPS) is 9.00. The molecule has 0 bridgehead atoms. The molecule has 0 aliphatic heterocycles. The van der Waals surface area contributed by atoms with Gasteiger partial charge in [0.15, 0.2) is 0 Å². The van der Waals surface area contributed by atoms with E-state index >= 15 is 0 Å². The van der Waals surface area contributed by atoms with Crippen LogP contribution in [0.5, 0.6) is 5.75 Å². The Morgan fingerprint density at radius 3 is 3.00 bits per heavy atom. The van der Waals surface area contributed by atoms with E-state index in [1.54, 1.807) is 6.07 Å². The fraction of sp³-hybridized carbons (Fsp3) is 0. The molecule has 0 saturated heterocycles. The van der Waals surface area contributed by atoms with E-state index < -0.39 is 0 Å². The van der Waals surface area contributed by atoms with E-state index in [1.165, 1.54) is 12.4 Å². The molecule has 0 radical (unpaired) electrons. The lowest BCUT2D eigenvalue weighted by Gasteiger charge is -1.99. The molecule has 1 N–H and O–H groups in total. The van der Waals surface area contributed by atoms with Gasteiger partial charge in [-0.15, -0.1) is 0 Å². The molecule has 0 amide bonds. The van der Waals surface area contributed by atoms with Crippen molar-refractivity contribution in [1.82, 2.24) is 4.98 Å². The molecule has 0 aromatic carbocycles. The van der Waals surface area contributed by atoms with Crippen molar-refractivity contribution < 1.29 is 9.68 Å². The molecular weight excluding hydrogens is 152 g/mol. The first kappa shape index (κ1) is 7.37. The smallest absolute Gasteiger partial charge is 0.504 e. The van der Waals surface area contributed by atoms with Crippen LogP contribution in [-0.4, -0.2) is 17.7 Å². The molecular formula is C5H5BClNO2. The van der Waals surface area contributed by atoms with E-state index in [4.69, 9.17) is 21.3 Å². The molecule has 10 heavy (non-hydrogen) atoms. The van der Waals surface area contributed by atoms with Crippen molar-refractivity contribution in [2.75, 3.05) is 0 Å². The van der Waals surface area contributed by atoms with Crippen molar-refractivity contribution in [2.45, 2.75) is 0 Å². The van der Waals surface area contributed by atoms with Gasteiger partial charge in [0.25, 0.3) is 0 Å². The van der Waals surface area contributed by atoms with Crippen LogP contribution in [0.25, 0.3) is 0 Å². The number of hydrogen-bond acceptors (Lipinski definition) is 3. The Hall–Kier alpha value is -0.735. The second-order valence-electron chi connectivity index (χ2n) is 1.61. The van der Waals surface area contributed by atoms with Crippen molar-refractivity contribution in [3.8, 4) is 5.75 Å². The average Bonchev–Trinajstić information content (AvgIpc) is 1.88. The summed E-state index contributed by atoms with van der Waals surface area (Å²) in [5.74, 6) is 0.468. The van der Waals surface area contributed by atoms with E-state index in [2.05, 4.69) is 4.98 Å². The van der Waals surface area contributed by atoms with Gasteiger partial charge in [-0.1, -0.05) is 11.6 Å². The van der Waals surface area contributed by atoms with Crippen LogP contribution in [0.15, 0.2) is 18.5 Å². The summed E-state index contributed by atoms with van der Waals surface area (Å²) in [5, 5.41) is 8.81. The molecule has 3 nitrogen and oxygen atoms in total. The molecule has 0 aliphatic rings. The summed E-state index contributed by atoms with van der Waals surface area (Å²) >= 11 is 5.56. The molecule has 0 aliphatic carbocycles. The van der Waals surface area contributed by atoms with Gasteiger partial charge < -0.3 is 9.68 Å². The minimum absolute atomic E-state index is 0.359. The lowest BCUT2D eigenvalue weighted by atomic mass is 10.4. The predicted octanol–water partition coefficient (Wildman–Crippen LogP) is 0.373. The minimum Gasteiger partial charge on any atom is -0.538 e. The Bertz CT molecular complexity index is 221. The van der Waals surface area contributed by atoms with Crippen LogP contribution in [0.4, 0.5) is 0 Å². The molecule has 1 rings (SSSR count). The zero-order valence-electron chi connectivity index (χ0n) is 5.12. The first-order chi connectivity index (χ1) is 4.83. The molecule has 0 fully saturated rings. The third-order valence-corrected chi connectivity index (χ3v) is 1.12. The highest BCUT2D eigenvalue weighted by Crippen LogP contribution is 2.13. The van der Waals surface area contributed by atoms with Crippen molar-refractivity contribution in [3.63, 3.8) is 0 Å². The lowest BCUT2D eigenvalue weighted by molar-refractivity contribution is 0.452. The molecule has 0 atom stereocenters. The Kier molecular flexibility index (Phi) is 2.53. The van der Waals surface area contributed by atoms with Crippen LogP contribution in [0.3, 0.4) is 0 Å². The Morgan fingerprint density at radius 2 is 2.40 bits per heavy atom. The highest BCUT2D eigenvalue weighted by Gasteiger charge is 1.93. The number of rotatable bonds is 2. The van der Waals surface area contributed by atoms with Gasteiger partial charge in [-0.2, -0.15) is 0 Å². The van der Waals surface area contributed by atoms with E-state index in [1.807, 2.05) is 0 Å². The Morgan fingerprint density at radius 1 is 1.60 bits per heavy atom. The molecule has 1 heterocycles. The molecule has 0 spiro atoms. The standard InChI is InChI=1S/C5H5BClNO2/c7-4-1-5(10-6-9)3-8-2-4/h1-3,6,9H. The topological polar surface area (TPSA) is 42.4 Å². The monoisotopic (exact) mass is 157 g/mol.